The summed E-state index contributed by atoms with van der Waals surface area (Å²) in [6, 6.07) is 6.90. The molecule has 2 amide bonds. The predicted octanol–water partition coefficient (Wildman–Crippen LogP) is 2.00. The molecule has 0 bridgehead atoms. The highest BCUT2D eigenvalue weighted by Gasteiger charge is 2.34. The lowest BCUT2D eigenvalue weighted by Crippen LogP contribution is -2.31. The van der Waals surface area contributed by atoms with Crippen molar-refractivity contribution in [2.75, 3.05) is 18.5 Å². The quantitative estimate of drug-likeness (QED) is 0.488. The zero-order valence-corrected chi connectivity index (χ0v) is 14.9. The highest BCUT2D eigenvalue weighted by Crippen LogP contribution is 2.21. The Kier molecular flexibility index (Phi) is 6.90. The van der Waals surface area contributed by atoms with Crippen LogP contribution in [-0.2, 0) is 9.53 Å². The highest BCUT2D eigenvalue weighted by atomic mass is 79.9. The van der Waals surface area contributed by atoms with Crippen molar-refractivity contribution in [1.82, 2.24) is 4.90 Å². The molecule has 126 valence electrons. The second-order valence-electron chi connectivity index (χ2n) is 5.74. The van der Waals surface area contributed by atoms with Gasteiger partial charge in [0.1, 0.15) is 12.2 Å². The molecule has 0 unspecified atom stereocenters. The van der Waals surface area contributed by atoms with Crippen LogP contribution in [0.2, 0.25) is 0 Å². The van der Waals surface area contributed by atoms with E-state index in [0.29, 0.717) is 23.0 Å². The zero-order valence-electron chi connectivity index (χ0n) is 13.3. The van der Waals surface area contributed by atoms with Crippen LogP contribution in [0.1, 0.15) is 41.5 Å². The van der Waals surface area contributed by atoms with E-state index in [1.165, 1.54) is 4.90 Å². The van der Waals surface area contributed by atoms with Crippen LogP contribution in [0, 0.1) is 0 Å². The summed E-state index contributed by atoms with van der Waals surface area (Å²) in [5, 5.41) is 8.83. The molecule has 0 radical (unpaired) electrons. The minimum Gasteiger partial charge on any atom is -0.458 e. The molecule has 0 fully saturated rings. The molecule has 1 aliphatic heterocycles. The second kappa shape index (κ2) is 8.21. The lowest BCUT2D eigenvalue weighted by Gasteiger charge is -2.18. The van der Waals surface area contributed by atoms with E-state index in [-0.39, 0.29) is 11.8 Å². The van der Waals surface area contributed by atoms with Crippen molar-refractivity contribution >= 4 is 33.7 Å². The van der Waals surface area contributed by atoms with Gasteiger partial charge in [-0.2, -0.15) is 0 Å². The fraction of sp³-hybridized carbons (Fsp3) is 0.438. The van der Waals surface area contributed by atoms with E-state index in [0.717, 1.165) is 0 Å². The number of fused-ring (bicyclic) bond motifs is 1. The Bertz CT molecular complexity index is 559. The van der Waals surface area contributed by atoms with E-state index in [9.17, 15) is 14.4 Å². The smallest absolute Gasteiger partial charge is 0.332 e. The molecular formula is C16H20BrNO5. The van der Waals surface area contributed by atoms with Crippen molar-refractivity contribution in [1.29, 1.82) is 0 Å². The molecule has 1 N–H and O–H groups in total. The van der Waals surface area contributed by atoms with Gasteiger partial charge in [0, 0.05) is 11.9 Å². The van der Waals surface area contributed by atoms with E-state index in [2.05, 4.69) is 15.9 Å². The summed E-state index contributed by atoms with van der Waals surface area (Å²) in [5.74, 6) is -0.961. The van der Waals surface area contributed by atoms with Crippen molar-refractivity contribution in [2.24, 2.45) is 0 Å². The number of carbonyl (C=O) groups excluding carboxylic acids is 3. The van der Waals surface area contributed by atoms with Gasteiger partial charge in [0.25, 0.3) is 11.8 Å². The molecule has 6 nitrogen and oxygen atoms in total. The fourth-order valence-corrected chi connectivity index (χ4v) is 2.26. The Morgan fingerprint density at radius 1 is 1.17 bits per heavy atom. The van der Waals surface area contributed by atoms with Crippen molar-refractivity contribution < 1.29 is 24.2 Å². The van der Waals surface area contributed by atoms with Gasteiger partial charge in [0.15, 0.2) is 0 Å². The molecular weight excluding hydrogens is 366 g/mol. The summed E-state index contributed by atoms with van der Waals surface area (Å²) in [4.78, 5) is 35.0. The summed E-state index contributed by atoms with van der Waals surface area (Å²) in [6.45, 7) is 5.13. The number of aliphatic hydroxyl groups excluding tert-OH is 1. The molecule has 2 rings (SSSR count). The van der Waals surface area contributed by atoms with Gasteiger partial charge >= 0.3 is 5.97 Å². The van der Waals surface area contributed by atoms with Gasteiger partial charge < -0.3 is 9.84 Å². The number of aliphatic hydroxyl groups is 1. The van der Waals surface area contributed by atoms with Crippen LogP contribution in [0.15, 0.2) is 24.3 Å². The van der Waals surface area contributed by atoms with Crippen molar-refractivity contribution in [3.05, 3.63) is 35.4 Å². The van der Waals surface area contributed by atoms with Crippen LogP contribution in [0.3, 0.4) is 0 Å². The van der Waals surface area contributed by atoms with Gasteiger partial charge in [-0.15, -0.1) is 0 Å². The van der Waals surface area contributed by atoms with Crippen molar-refractivity contribution in [3.63, 3.8) is 0 Å². The van der Waals surface area contributed by atoms with E-state index < -0.39 is 18.2 Å². The van der Waals surface area contributed by atoms with E-state index >= 15 is 0 Å². The molecule has 1 heterocycles. The van der Waals surface area contributed by atoms with Crippen molar-refractivity contribution in [2.45, 2.75) is 26.4 Å². The van der Waals surface area contributed by atoms with Crippen LogP contribution in [0.25, 0.3) is 0 Å². The fourth-order valence-electron chi connectivity index (χ4n) is 1.90. The molecule has 0 aromatic heterocycles. The third kappa shape index (κ3) is 5.44. The Morgan fingerprint density at radius 2 is 1.65 bits per heavy atom. The van der Waals surface area contributed by atoms with Gasteiger partial charge in [0.05, 0.1) is 11.1 Å². The first-order chi connectivity index (χ1) is 10.7. The monoisotopic (exact) mass is 385 g/mol. The van der Waals surface area contributed by atoms with Gasteiger partial charge in [-0.25, -0.2) is 4.79 Å². The van der Waals surface area contributed by atoms with Crippen LogP contribution >= 0.6 is 15.9 Å². The first kappa shape index (κ1) is 19.3. The van der Waals surface area contributed by atoms with Crippen LogP contribution in [-0.4, -0.2) is 51.9 Å². The highest BCUT2D eigenvalue weighted by molar-refractivity contribution is 9.09. The number of halogens is 1. The summed E-state index contributed by atoms with van der Waals surface area (Å²) in [6.07, 6.45) is 0. The maximum Gasteiger partial charge on any atom is 0.332 e. The molecule has 7 heteroatoms. The van der Waals surface area contributed by atoms with Crippen LogP contribution in [0.5, 0.6) is 0 Å². The predicted molar refractivity (Wildman–Crippen MR) is 88.5 cm³/mol. The molecule has 23 heavy (non-hydrogen) atoms. The van der Waals surface area contributed by atoms with Gasteiger partial charge in [-0.3, -0.25) is 14.5 Å². The average molecular weight is 386 g/mol. The second-order valence-corrected chi connectivity index (χ2v) is 6.53. The Labute approximate surface area is 143 Å². The van der Waals surface area contributed by atoms with Gasteiger partial charge in [0.2, 0.25) is 0 Å². The molecule has 0 spiro atoms. The summed E-state index contributed by atoms with van der Waals surface area (Å²) in [7, 11) is 0. The number of nitrogens with zero attached hydrogens (tertiary/aromatic N) is 1. The average Bonchev–Trinajstić information content (AvgIpc) is 2.72. The summed E-state index contributed by atoms with van der Waals surface area (Å²) < 4.78 is 4.70. The molecule has 1 aromatic rings. The van der Waals surface area contributed by atoms with Gasteiger partial charge in [-0.05, 0) is 32.9 Å². The summed E-state index contributed by atoms with van der Waals surface area (Å²) in [5.41, 5.74) is 0.539. The number of benzene rings is 1. The maximum atomic E-state index is 11.7. The van der Waals surface area contributed by atoms with Crippen LogP contribution in [0.4, 0.5) is 0 Å². The number of rotatable bonds is 3. The lowest BCUT2D eigenvalue weighted by molar-refractivity contribution is -0.158. The zero-order chi connectivity index (χ0) is 17.6. The molecule has 0 saturated heterocycles. The lowest BCUT2D eigenvalue weighted by atomic mass is 10.1. The SMILES string of the molecule is CC(C)(C)OC(=O)CO.O=C1c2ccccc2C(=O)N1CCBr. The number of hydrogen-bond acceptors (Lipinski definition) is 5. The number of esters is 1. The Balaban J connectivity index is 0.000000257. The number of alkyl halides is 1. The number of ether oxygens (including phenoxy) is 1. The molecule has 1 aromatic carbocycles. The number of hydrogen-bond donors (Lipinski definition) is 1. The Morgan fingerprint density at radius 3 is 1.96 bits per heavy atom. The minimum atomic E-state index is -0.581. The number of imide groups is 1. The maximum absolute atomic E-state index is 11.7. The standard InChI is InChI=1S/C10H8BrNO2.C6H12O3/c11-5-6-12-9(13)7-3-1-2-4-8(7)10(12)14;1-6(2,3)9-5(8)4-7/h1-4H,5-6H2;7H,4H2,1-3H3. The number of carbonyl (C=O) groups is 3. The Hall–Kier alpha value is -1.73. The molecule has 0 aliphatic carbocycles. The van der Waals surface area contributed by atoms with E-state index in [1.807, 2.05) is 0 Å². The molecule has 1 aliphatic rings. The van der Waals surface area contributed by atoms with Crippen molar-refractivity contribution in [3.8, 4) is 0 Å². The third-order valence-electron chi connectivity index (χ3n) is 2.74. The first-order valence-corrected chi connectivity index (χ1v) is 8.17. The topological polar surface area (TPSA) is 83.9 Å². The first-order valence-electron chi connectivity index (χ1n) is 7.05. The van der Waals surface area contributed by atoms with Gasteiger partial charge in [-0.1, -0.05) is 28.1 Å². The number of amides is 2. The van der Waals surface area contributed by atoms with E-state index in [4.69, 9.17) is 9.84 Å². The summed E-state index contributed by atoms with van der Waals surface area (Å²) >= 11 is 3.21. The normalized spacial score (nSPS) is 13.3. The minimum absolute atomic E-state index is 0.190. The molecule has 0 atom stereocenters. The van der Waals surface area contributed by atoms with E-state index in [1.54, 1.807) is 45.0 Å². The largest absolute Gasteiger partial charge is 0.458 e. The third-order valence-corrected chi connectivity index (χ3v) is 3.09. The van der Waals surface area contributed by atoms with Crippen LogP contribution < -0.4 is 0 Å². The molecule has 0 saturated carbocycles.